The van der Waals surface area contributed by atoms with Crippen LogP contribution < -0.4 is 5.73 Å². The second kappa shape index (κ2) is 5.33. The summed E-state index contributed by atoms with van der Waals surface area (Å²) in [5, 5.41) is 29.7. The predicted molar refractivity (Wildman–Crippen MR) is 69.2 cm³/mol. The van der Waals surface area contributed by atoms with Gasteiger partial charge in [0.05, 0.1) is 17.4 Å². The summed E-state index contributed by atoms with van der Waals surface area (Å²) in [5.74, 6) is -2.12. The quantitative estimate of drug-likeness (QED) is 0.327. The Bertz CT molecular complexity index is 555. The van der Waals surface area contributed by atoms with Gasteiger partial charge in [-0.15, -0.1) is 0 Å². The molecule has 8 heteroatoms. The average molecular weight is 284 g/mol. The molecule has 20 heavy (non-hydrogen) atoms. The fourth-order valence-electron chi connectivity index (χ4n) is 1.75. The van der Waals surface area contributed by atoms with Gasteiger partial charge in [-0.05, 0) is 25.5 Å². The average Bonchev–Trinajstić information content (AvgIpc) is 2.39. The first-order valence-corrected chi connectivity index (χ1v) is 5.67. The number of phenolic OH excluding ortho intramolecular Hbond substituents is 2. The topological polar surface area (TPSA) is 136 Å². The lowest BCUT2D eigenvalue weighted by Crippen LogP contribution is -2.37. The molecule has 0 fully saturated rings. The van der Waals surface area contributed by atoms with Gasteiger partial charge in [0.25, 0.3) is 0 Å². The van der Waals surface area contributed by atoms with E-state index in [0.717, 1.165) is 12.1 Å². The van der Waals surface area contributed by atoms with Crippen LogP contribution in [0.1, 0.15) is 25.5 Å². The van der Waals surface area contributed by atoms with E-state index in [-0.39, 0.29) is 5.56 Å². The van der Waals surface area contributed by atoms with Gasteiger partial charge in [0, 0.05) is 12.1 Å². The third kappa shape index (κ3) is 2.64. The van der Waals surface area contributed by atoms with Gasteiger partial charge in [0.2, 0.25) is 5.75 Å². The highest BCUT2D eigenvalue weighted by atomic mass is 16.6. The van der Waals surface area contributed by atoms with Crippen LogP contribution in [0.25, 0.3) is 0 Å². The number of methoxy groups -OCH3 is 1. The van der Waals surface area contributed by atoms with E-state index in [1.54, 1.807) is 0 Å². The van der Waals surface area contributed by atoms with Crippen molar-refractivity contribution in [1.82, 2.24) is 0 Å². The molecule has 0 aliphatic heterocycles. The van der Waals surface area contributed by atoms with Crippen molar-refractivity contribution in [3.05, 3.63) is 27.8 Å². The van der Waals surface area contributed by atoms with Gasteiger partial charge in [0.1, 0.15) is 0 Å². The maximum absolute atomic E-state index is 11.7. The smallest absolute Gasteiger partial charge is 0.314 e. The fourth-order valence-corrected chi connectivity index (χ4v) is 1.75. The largest absolute Gasteiger partial charge is 0.504 e. The molecule has 110 valence electrons. The van der Waals surface area contributed by atoms with Crippen molar-refractivity contribution >= 4 is 11.7 Å². The number of benzene rings is 1. The molecule has 1 rings (SSSR count). The van der Waals surface area contributed by atoms with Crippen LogP contribution in [0.2, 0.25) is 0 Å². The van der Waals surface area contributed by atoms with Crippen molar-refractivity contribution in [1.29, 1.82) is 0 Å². The first-order chi connectivity index (χ1) is 9.12. The molecule has 0 aliphatic rings. The number of rotatable bonds is 4. The van der Waals surface area contributed by atoms with Crippen molar-refractivity contribution in [3.63, 3.8) is 0 Å². The summed E-state index contributed by atoms with van der Waals surface area (Å²) < 4.78 is 4.62. The lowest BCUT2D eigenvalue weighted by Gasteiger charge is -2.28. The zero-order valence-electron chi connectivity index (χ0n) is 11.3. The molecule has 4 N–H and O–H groups in total. The molecule has 0 spiro atoms. The van der Waals surface area contributed by atoms with Gasteiger partial charge in [-0.1, -0.05) is 0 Å². The fraction of sp³-hybridized carbons (Fsp3) is 0.417. The molecule has 8 nitrogen and oxygen atoms in total. The molecule has 0 heterocycles. The molecule has 0 aliphatic carbocycles. The van der Waals surface area contributed by atoms with Gasteiger partial charge < -0.3 is 20.7 Å². The number of esters is 1. The predicted octanol–water partition coefficient (Wildman–Crippen LogP) is 1.20. The Morgan fingerprint density at radius 2 is 2.00 bits per heavy atom. The number of phenols is 2. The van der Waals surface area contributed by atoms with E-state index in [0.29, 0.717) is 0 Å². The molecule has 0 radical (unpaired) electrons. The highest BCUT2D eigenvalue weighted by Crippen LogP contribution is 2.41. The van der Waals surface area contributed by atoms with E-state index in [1.807, 2.05) is 0 Å². The van der Waals surface area contributed by atoms with Crippen LogP contribution in [-0.4, -0.2) is 28.2 Å². The van der Waals surface area contributed by atoms with Crippen LogP contribution in [-0.2, 0) is 9.53 Å². The number of carbonyl (C=O) groups excluding carboxylic acids is 1. The van der Waals surface area contributed by atoms with Gasteiger partial charge >= 0.3 is 11.7 Å². The lowest BCUT2D eigenvalue weighted by molar-refractivity contribution is -0.386. The Labute approximate surface area is 114 Å². The number of hydrogen-bond acceptors (Lipinski definition) is 7. The summed E-state index contributed by atoms with van der Waals surface area (Å²) in [4.78, 5) is 21.6. The third-order valence-corrected chi connectivity index (χ3v) is 3.14. The van der Waals surface area contributed by atoms with Crippen LogP contribution in [0.5, 0.6) is 11.5 Å². The van der Waals surface area contributed by atoms with Gasteiger partial charge in [-0.25, -0.2) is 0 Å². The van der Waals surface area contributed by atoms with Gasteiger partial charge in [0.15, 0.2) is 5.75 Å². The zero-order chi connectivity index (χ0) is 15.7. The molecule has 0 amide bonds. The molecule has 0 aromatic heterocycles. The molecule has 0 bridgehead atoms. The monoisotopic (exact) mass is 284 g/mol. The number of nitro benzene ring substituents is 1. The van der Waals surface area contributed by atoms with Crippen LogP contribution in [0.4, 0.5) is 5.69 Å². The van der Waals surface area contributed by atoms with Gasteiger partial charge in [-0.2, -0.15) is 0 Å². The summed E-state index contributed by atoms with van der Waals surface area (Å²) in [6.07, 6.45) is 0. The Hall–Kier alpha value is -2.35. The maximum Gasteiger partial charge on any atom is 0.314 e. The van der Waals surface area contributed by atoms with E-state index in [2.05, 4.69) is 4.74 Å². The number of nitrogens with two attached hydrogens (primary N) is 1. The maximum atomic E-state index is 11.7. The summed E-state index contributed by atoms with van der Waals surface area (Å²) in [6, 6.07) is 1.14. The first kappa shape index (κ1) is 15.7. The second-order valence-electron chi connectivity index (χ2n) is 4.86. The zero-order valence-corrected chi connectivity index (χ0v) is 11.3. The molecule has 0 saturated heterocycles. The summed E-state index contributed by atoms with van der Waals surface area (Å²) >= 11 is 0. The number of nitro groups is 1. The summed E-state index contributed by atoms with van der Waals surface area (Å²) in [7, 11) is 1.20. The highest BCUT2D eigenvalue weighted by molar-refractivity contribution is 5.77. The van der Waals surface area contributed by atoms with E-state index in [1.165, 1.54) is 21.0 Å². The molecular weight excluding hydrogens is 268 g/mol. The number of aromatic hydroxyl groups is 2. The standard InChI is InChI=1S/C12H16N2O6/c1-12(2,11(17)20-3)10(13)6-4-7(14(18)19)9(16)8(15)5-6/h4-5,10,15-16H,13H2,1-3H3/t10-/m0/s1. The summed E-state index contributed by atoms with van der Waals surface area (Å²) in [6.45, 7) is 3.03. The van der Waals surface area contributed by atoms with Crippen LogP contribution in [0, 0.1) is 15.5 Å². The molecule has 1 atom stereocenters. The molecule has 0 saturated carbocycles. The minimum absolute atomic E-state index is 0.141. The lowest BCUT2D eigenvalue weighted by atomic mass is 9.81. The van der Waals surface area contributed by atoms with Crippen molar-refractivity contribution in [2.75, 3.05) is 7.11 Å². The Balaban J connectivity index is 3.34. The number of hydrogen-bond donors (Lipinski definition) is 3. The highest BCUT2D eigenvalue weighted by Gasteiger charge is 2.38. The van der Waals surface area contributed by atoms with E-state index >= 15 is 0 Å². The minimum atomic E-state index is -1.16. The van der Waals surface area contributed by atoms with E-state index < -0.39 is 39.5 Å². The number of nitrogens with zero attached hydrogens (tertiary/aromatic N) is 1. The van der Waals surface area contributed by atoms with Gasteiger partial charge in [-0.3, -0.25) is 14.9 Å². The number of carbonyl (C=O) groups is 1. The first-order valence-electron chi connectivity index (χ1n) is 5.67. The summed E-state index contributed by atoms with van der Waals surface area (Å²) in [5.41, 5.74) is 4.22. The van der Waals surface area contributed by atoms with Crippen LogP contribution >= 0.6 is 0 Å². The molecular formula is C12H16N2O6. The Morgan fingerprint density at radius 3 is 2.45 bits per heavy atom. The Morgan fingerprint density at radius 1 is 1.45 bits per heavy atom. The molecule has 0 unspecified atom stereocenters. The second-order valence-corrected chi connectivity index (χ2v) is 4.86. The molecule has 1 aromatic carbocycles. The van der Waals surface area contributed by atoms with Crippen LogP contribution in [0.15, 0.2) is 12.1 Å². The molecule has 1 aromatic rings. The van der Waals surface area contributed by atoms with Crippen LogP contribution in [0.3, 0.4) is 0 Å². The SMILES string of the molecule is COC(=O)C(C)(C)[C@@H](N)c1cc(O)c(O)c([N+](=O)[O-])c1. The van der Waals surface area contributed by atoms with Crippen molar-refractivity contribution in [3.8, 4) is 11.5 Å². The van der Waals surface area contributed by atoms with Crippen molar-refractivity contribution in [2.45, 2.75) is 19.9 Å². The minimum Gasteiger partial charge on any atom is -0.504 e. The van der Waals surface area contributed by atoms with E-state index in [9.17, 15) is 25.1 Å². The van der Waals surface area contributed by atoms with Crippen molar-refractivity contribution < 1.29 is 24.7 Å². The van der Waals surface area contributed by atoms with Crippen molar-refractivity contribution in [2.24, 2.45) is 11.1 Å². The number of ether oxygens (including phenoxy) is 1. The Kier molecular flexibility index (Phi) is 4.19. The van der Waals surface area contributed by atoms with E-state index in [4.69, 9.17) is 5.73 Å². The normalized spacial score (nSPS) is 12.8. The third-order valence-electron chi connectivity index (χ3n) is 3.14.